The molecular formula is C21H33BN2O4. The second-order valence-corrected chi connectivity index (χ2v) is 8.57. The molecule has 5 N–H and O–H groups in total. The molecule has 1 aliphatic heterocycles. The van der Waals surface area contributed by atoms with Crippen molar-refractivity contribution in [3.05, 3.63) is 35.4 Å². The Labute approximate surface area is 167 Å². The number of nitrogens with zero attached hydrogens (tertiary/aromatic N) is 1. The number of aliphatic carboxylic acids is 1. The number of carboxylic acid groups (broad SMARTS) is 1. The maximum absolute atomic E-state index is 12.0. The second-order valence-electron chi connectivity index (χ2n) is 8.57. The van der Waals surface area contributed by atoms with Gasteiger partial charge in [0, 0.05) is 6.04 Å². The first-order chi connectivity index (χ1) is 13.4. The normalized spacial score (nSPS) is 23.0. The van der Waals surface area contributed by atoms with Crippen molar-refractivity contribution in [1.29, 1.82) is 0 Å². The molecule has 1 aromatic rings. The minimum Gasteiger partial charge on any atom is -0.480 e. The van der Waals surface area contributed by atoms with Crippen LogP contribution in [0.25, 0.3) is 0 Å². The van der Waals surface area contributed by atoms with E-state index in [0.717, 1.165) is 45.2 Å². The summed E-state index contributed by atoms with van der Waals surface area (Å²) in [6.07, 6.45) is 6.58. The first-order valence-electron chi connectivity index (χ1n) is 10.6. The lowest BCUT2D eigenvalue weighted by Gasteiger charge is -2.34. The van der Waals surface area contributed by atoms with Gasteiger partial charge < -0.3 is 20.9 Å². The fraction of sp³-hybridized carbons (Fsp3) is 0.667. The highest BCUT2D eigenvalue weighted by atomic mass is 16.4. The summed E-state index contributed by atoms with van der Waals surface area (Å²) in [5.41, 5.74) is 8.08. The molecule has 154 valence electrons. The Balaban J connectivity index is 1.57. The number of unbranched alkanes of at least 4 members (excludes halogenated alkanes) is 1. The summed E-state index contributed by atoms with van der Waals surface area (Å²) in [6.45, 7) is 1.90. The SMILES string of the molecule is NC(CCCCB(O)O)(C(=O)O)C1CCCN(C2Cc3ccccc3C2)CC1. The third kappa shape index (κ3) is 4.95. The molecule has 1 fully saturated rings. The number of hydrogen-bond acceptors (Lipinski definition) is 5. The highest BCUT2D eigenvalue weighted by Crippen LogP contribution is 2.33. The van der Waals surface area contributed by atoms with Crippen molar-refractivity contribution in [2.24, 2.45) is 11.7 Å². The number of hydrogen-bond donors (Lipinski definition) is 4. The van der Waals surface area contributed by atoms with Crippen LogP contribution in [0.1, 0.15) is 49.7 Å². The summed E-state index contributed by atoms with van der Waals surface area (Å²) < 4.78 is 0. The van der Waals surface area contributed by atoms with Gasteiger partial charge in [-0.2, -0.15) is 0 Å². The molecule has 0 aromatic heterocycles. The zero-order valence-electron chi connectivity index (χ0n) is 16.6. The standard InChI is InChI=1S/C21H33BN2O4/c23-21(20(25)26,10-3-4-11-22(27)28)18-8-5-12-24(13-9-18)19-14-16-6-1-2-7-17(16)15-19/h1-2,6-7,18-19,27-28H,3-5,8-15,23H2,(H,25,26). The van der Waals surface area contributed by atoms with Crippen LogP contribution < -0.4 is 5.73 Å². The van der Waals surface area contributed by atoms with Gasteiger partial charge in [-0.25, -0.2) is 0 Å². The van der Waals surface area contributed by atoms with Crippen LogP contribution in [0.5, 0.6) is 0 Å². The van der Waals surface area contributed by atoms with Gasteiger partial charge in [-0.05, 0) is 75.0 Å². The minimum absolute atomic E-state index is 0.0437. The smallest absolute Gasteiger partial charge is 0.451 e. The number of benzene rings is 1. The number of carboxylic acids is 1. The molecule has 0 radical (unpaired) electrons. The van der Waals surface area contributed by atoms with Crippen LogP contribution in [0.3, 0.4) is 0 Å². The van der Waals surface area contributed by atoms with E-state index in [0.29, 0.717) is 25.3 Å². The lowest BCUT2D eigenvalue weighted by Crippen LogP contribution is -2.54. The fourth-order valence-electron chi connectivity index (χ4n) is 5.02. The van der Waals surface area contributed by atoms with Gasteiger partial charge in [-0.15, -0.1) is 0 Å². The predicted molar refractivity (Wildman–Crippen MR) is 110 cm³/mol. The van der Waals surface area contributed by atoms with Gasteiger partial charge in [-0.1, -0.05) is 37.1 Å². The van der Waals surface area contributed by atoms with E-state index in [1.807, 2.05) is 0 Å². The van der Waals surface area contributed by atoms with Gasteiger partial charge in [0.25, 0.3) is 0 Å². The zero-order valence-corrected chi connectivity index (χ0v) is 16.6. The molecule has 28 heavy (non-hydrogen) atoms. The predicted octanol–water partition coefficient (Wildman–Crippen LogP) is 1.68. The van der Waals surface area contributed by atoms with E-state index >= 15 is 0 Å². The van der Waals surface area contributed by atoms with Crippen molar-refractivity contribution < 1.29 is 19.9 Å². The molecule has 0 bridgehead atoms. The molecule has 0 spiro atoms. The molecule has 2 atom stereocenters. The minimum atomic E-state index is -1.33. The first kappa shape index (κ1) is 21.3. The molecule has 7 heteroatoms. The fourth-order valence-corrected chi connectivity index (χ4v) is 5.02. The number of carbonyl (C=O) groups is 1. The summed E-state index contributed by atoms with van der Waals surface area (Å²) >= 11 is 0. The summed E-state index contributed by atoms with van der Waals surface area (Å²) in [5, 5.41) is 27.8. The molecule has 3 rings (SSSR count). The summed E-state index contributed by atoms with van der Waals surface area (Å²) in [4.78, 5) is 14.5. The summed E-state index contributed by atoms with van der Waals surface area (Å²) in [5.74, 6) is -0.971. The quantitative estimate of drug-likeness (QED) is 0.399. The van der Waals surface area contributed by atoms with Crippen molar-refractivity contribution in [1.82, 2.24) is 4.90 Å². The molecule has 1 heterocycles. The Hall–Kier alpha value is -1.41. The van der Waals surface area contributed by atoms with Gasteiger partial charge >= 0.3 is 13.1 Å². The van der Waals surface area contributed by atoms with E-state index in [2.05, 4.69) is 29.2 Å². The average molecular weight is 388 g/mol. The molecule has 1 saturated heterocycles. The first-order valence-corrected chi connectivity index (χ1v) is 10.6. The van der Waals surface area contributed by atoms with Crippen LogP contribution in [0.4, 0.5) is 0 Å². The number of fused-ring (bicyclic) bond motifs is 1. The summed E-state index contributed by atoms with van der Waals surface area (Å²) in [6, 6.07) is 9.15. The Kier molecular flexibility index (Phi) is 7.15. The Morgan fingerprint density at radius 2 is 1.82 bits per heavy atom. The van der Waals surface area contributed by atoms with E-state index in [4.69, 9.17) is 15.8 Å². The van der Waals surface area contributed by atoms with Crippen LogP contribution in [0.2, 0.25) is 6.32 Å². The van der Waals surface area contributed by atoms with E-state index in [-0.39, 0.29) is 12.2 Å². The van der Waals surface area contributed by atoms with E-state index in [1.54, 1.807) is 0 Å². The maximum atomic E-state index is 12.0. The highest BCUT2D eigenvalue weighted by Gasteiger charge is 2.42. The van der Waals surface area contributed by atoms with Crippen molar-refractivity contribution in [3.8, 4) is 0 Å². The summed E-state index contributed by atoms with van der Waals surface area (Å²) in [7, 11) is -1.33. The molecular weight excluding hydrogens is 355 g/mol. The van der Waals surface area contributed by atoms with Crippen molar-refractivity contribution in [2.75, 3.05) is 13.1 Å². The Bertz CT molecular complexity index is 647. The van der Waals surface area contributed by atoms with Crippen molar-refractivity contribution in [2.45, 2.75) is 69.3 Å². The van der Waals surface area contributed by atoms with Gasteiger partial charge in [0.05, 0.1) is 0 Å². The molecule has 2 unspecified atom stereocenters. The van der Waals surface area contributed by atoms with Crippen molar-refractivity contribution >= 4 is 13.1 Å². The van der Waals surface area contributed by atoms with Crippen LogP contribution >= 0.6 is 0 Å². The van der Waals surface area contributed by atoms with Crippen LogP contribution in [0, 0.1) is 5.92 Å². The third-order valence-electron chi connectivity index (χ3n) is 6.74. The molecule has 0 saturated carbocycles. The maximum Gasteiger partial charge on any atom is 0.451 e. The Morgan fingerprint density at radius 1 is 1.14 bits per heavy atom. The van der Waals surface area contributed by atoms with Crippen LogP contribution in [-0.2, 0) is 17.6 Å². The van der Waals surface area contributed by atoms with Crippen LogP contribution in [-0.4, -0.2) is 57.8 Å². The average Bonchev–Trinajstić information content (AvgIpc) is 2.93. The monoisotopic (exact) mass is 388 g/mol. The largest absolute Gasteiger partial charge is 0.480 e. The molecule has 6 nitrogen and oxygen atoms in total. The highest BCUT2D eigenvalue weighted by molar-refractivity contribution is 6.40. The van der Waals surface area contributed by atoms with Gasteiger partial charge in [-0.3, -0.25) is 9.69 Å². The lowest BCUT2D eigenvalue weighted by molar-refractivity contribution is -0.146. The van der Waals surface area contributed by atoms with Crippen LogP contribution in [0.15, 0.2) is 24.3 Å². The van der Waals surface area contributed by atoms with Gasteiger partial charge in [0.2, 0.25) is 0 Å². The number of nitrogens with two attached hydrogens (primary N) is 1. The van der Waals surface area contributed by atoms with E-state index in [1.165, 1.54) is 11.1 Å². The number of rotatable bonds is 8. The topological polar surface area (TPSA) is 107 Å². The van der Waals surface area contributed by atoms with E-state index in [9.17, 15) is 9.90 Å². The zero-order chi connectivity index (χ0) is 20.1. The lowest BCUT2D eigenvalue weighted by atomic mass is 9.75. The van der Waals surface area contributed by atoms with Gasteiger partial charge in [0.1, 0.15) is 5.54 Å². The second kappa shape index (κ2) is 9.40. The third-order valence-corrected chi connectivity index (χ3v) is 6.74. The van der Waals surface area contributed by atoms with Gasteiger partial charge in [0.15, 0.2) is 0 Å². The number of likely N-dealkylation sites (tertiary alicyclic amines) is 1. The Morgan fingerprint density at radius 3 is 2.43 bits per heavy atom. The molecule has 1 aromatic carbocycles. The van der Waals surface area contributed by atoms with Crippen molar-refractivity contribution in [3.63, 3.8) is 0 Å². The van der Waals surface area contributed by atoms with E-state index < -0.39 is 18.6 Å². The molecule has 2 aliphatic rings. The molecule has 0 amide bonds. The molecule has 1 aliphatic carbocycles.